The van der Waals surface area contributed by atoms with E-state index in [1.807, 2.05) is 11.7 Å². The van der Waals surface area contributed by atoms with Gasteiger partial charge in [-0.15, -0.1) is 0 Å². The van der Waals surface area contributed by atoms with Crippen LogP contribution in [-0.4, -0.2) is 14.8 Å². The van der Waals surface area contributed by atoms with Gasteiger partial charge in [-0.1, -0.05) is 52.8 Å². The van der Waals surface area contributed by atoms with Crippen LogP contribution >= 0.6 is 0 Å². The summed E-state index contributed by atoms with van der Waals surface area (Å²) in [7, 11) is 1.98. The molecule has 0 saturated heterocycles. The maximum absolute atomic E-state index is 5.01. The molecular formula is C24H27N3. The standard InChI is InChI=1S/C24H27N3/c1-15(2)19-13-16(12-17-14-27(6)26-23(17)19)21-11-10-18-20(24(3,4)5)8-7-9-22(18)25-21/h7-15H,1-6H3. The minimum absolute atomic E-state index is 0.0993. The van der Waals surface area contributed by atoms with Gasteiger partial charge < -0.3 is 0 Å². The van der Waals surface area contributed by atoms with Crippen LogP contribution in [0.5, 0.6) is 0 Å². The monoisotopic (exact) mass is 357 g/mol. The molecule has 0 bridgehead atoms. The van der Waals surface area contributed by atoms with Crippen molar-refractivity contribution >= 4 is 21.8 Å². The van der Waals surface area contributed by atoms with Crippen LogP contribution < -0.4 is 0 Å². The number of aromatic nitrogens is 3. The Hall–Kier alpha value is -2.68. The molecule has 2 aromatic heterocycles. The Bertz CT molecular complexity index is 1140. The molecule has 0 unspecified atom stereocenters. The van der Waals surface area contributed by atoms with Crippen LogP contribution in [0, 0.1) is 0 Å². The molecule has 0 aliphatic rings. The average molecular weight is 358 g/mol. The van der Waals surface area contributed by atoms with Crippen LogP contribution in [0.1, 0.15) is 51.7 Å². The second-order valence-corrected chi connectivity index (χ2v) is 8.78. The van der Waals surface area contributed by atoms with Crippen molar-refractivity contribution in [2.24, 2.45) is 7.05 Å². The van der Waals surface area contributed by atoms with Gasteiger partial charge >= 0.3 is 0 Å². The van der Waals surface area contributed by atoms with Crippen molar-refractivity contribution in [2.45, 2.75) is 46.0 Å². The first-order valence-electron chi connectivity index (χ1n) is 9.62. The Balaban J connectivity index is 1.92. The van der Waals surface area contributed by atoms with Crippen LogP contribution in [0.3, 0.4) is 0 Å². The van der Waals surface area contributed by atoms with Gasteiger partial charge in [-0.25, -0.2) is 4.98 Å². The fourth-order valence-electron chi connectivity index (χ4n) is 3.84. The maximum Gasteiger partial charge on any atom is 0.0958 e. The highest BCUT2D eigenvalue weighted by Crippen LogP contribution is 2.33. The average Bonchev–Trinajstić information content (AvgIpc) is 2.98. The molecule has 0 saturated carbocycles. The molecule has 0 fully saturated rings. The SMILES string of the molecule is CC(C)c1cc(-c2ccc3c(C(C)(C)C)cccc3n2)cc2cn(C)nc12. The molecule has 0 spiro atoms. The Morgan fingerprint density at radius 3 is 2.48 bits per heavy atom. The van der Waals surface area contributed by atoms with Crippen LogP contribution in [-0.2, 0) is 12.5 Å². The van der Waals surface area contributed by atoms with Crippen molar-refractivity contribution in [3.05, 3.63) is 59.8 Å². The molecular weight excluding hydrogens is 330 g/mol. The lowest BCUT2D eigenvalue weighted by molar-refractivity contribution is 0.596. The molecule has 0 amide bonds. The lowest BCUT2D eigenvalue weighted by atomic mass is 9.84. The van der Waals surface area contributed by atoms with E-state index in [2.05, 4.69) is 88.4 Å². The summed E-state index contributed by atoms with van der Waals surface area (Å²) in [5.74, 6) is 0.412. The molecule has 0 aliphatic carbocycles. The molecule has 0 radical (unpaired) electrons. The summed E-state index contributed by atoms with van der Waals surface area (Å²) in [5.41, 5.74) is 7.02. The Morgan fingerprint density at radius 2 is 1.78 bits per heavy atom. The molecule has 138 valence electrons. The van der Waals surface area contributed by atoms with Crippen LogP contribution in [0.25, 0.3) is 33.1 Å². The molecule has 2 aromatic carbocycles. The highest BCUT2D eigenvalue weighted by atomic mass is 15.2. The number of nitrogens with zero attached hydrogens (tertiary/aromatic N) is 3. The normalized spacial score (nSPS) is 12.4. The fraction of sp³-hybridized carbons (Fsp3) is 0.333. The second kappa shape index (κ2) is 6.19. The van der Waals surface area contributed by atoms with E-state index in [0.29, 0.717) is 5.92 Å². The Morgan fingerprint density at radius 1 is 1.00 bits per heavy atom. The van der Waals surface area contributed by atoms with Gasteiger partial charge in [-0.2, -0.15) is 5.10 Å². The van der Waals surface area contributed by atoms with Crippen LogP contribution in [0.15, 0.2) is 48.7 Å². The Kier molecular flexibility index (Phi) is 4.06. The van der Waals surface area contributed by atoms with E-state index in [-0.39, 0.29) is 5.41 Å². The molecule has 4 rings (SSSR count). The highest BCUT2D eigenvalue weighted by molar-refractivity contribution is 5.89. The summed E-state index contributed by atoms with van der Waals surface area (Å²) in [5, 5.41) is 7.06. The van der Waals surface area contributed by atoms with E-state index in [9.17, 15) is 0 Å². The van der Waals surface area contributed by atoms with Gasteiger partial charge in [0.25, 0.3) is 0 Å². The zero-order valence-corrected chi connectivity index (χ0v) is 17.0. The lowest BCUT2D eigenvalue weighted by Gasteiger charge is -2.21. The third kappa shape index (κ3) is 3.12. The number of benzene rings is 2. The van der Waals surface area contributed by atoms with Crippen molar-refractivity contribution in [1.29, 1.82) is 0 Å². The molecule has 27 heavy (non-hydrogen) atoms. The summed E-state index contributed by atoms with van der Waals surface area (Å²) in [6, 6.07) is 15.3. The van der Waals surface area contributed by atoms with Gasteiger partial charge in [0.05, 0.1) is 16.7 Å². The van der Waals surface area contributed by atoms with E-state index in [4.69, 9.17) is 4.98 Å². The zero-order valence-electron chi connectivity index (χ0n) is 17.0. The van der Waals surface area contributed by atoms with Gasteiger partial charge in [0, 0.05) is 29.6 Å². The van der Waals surface area contributed by atoms with E-state index in [0.717, 1.165) is 22.3 Å². The quantitative estimate of drug-likeness (QED) is 0.427. The minimum atomic E-state index is 0.0993. The lowest BCUT2D eigenvalue weighted by Crippen LogP contribution is -2.11. The van der Waals surface area contributed by atoms with Crippen molar-refractivity contribution in [2.75, 3.05) is 0 Å². The first-order valence-corrected chi connectivity index (χ1v) is 9.62. The van der Waals surface area contributed by atoms with Crippen LogP contribution in [0.4, 0.5) is 0 Å². The van der Waals surface area contributed by atoms with Gasteiger partial charge in [0.15, 0.2) is 0 Å². The fourth-order valence-corrected chi connectivity index (χ4v) is 3.84. The van der Waals surface area contributed by atoms with Crippen molar-refractivity contribution in [3.63, 3.8) is 0 Å². The van der Waals surface area contributed by atoms with Gasteiger partial charge in [0.2, 0.25) is 0 Å². The number of rotatable bonds is 2. The molecule has 0 aliphatic heterocycles. The second-order valence-electron chi connectivity index (χ2n) is 8.78. The predicted molar refractivity (Wildman–Crippen MR) is 114 cm³/mol. The van der Waals surface area contributed by atoms with Crippen molar-refractivity contribution < 1.29 is 0 Å². The number of fused-ring (bicyclic) bond motifs is 2. The third-order valence-corrected chi connectivity index (χ3v) is 5.21. The summed E-state index contributed by atoms with van der Waals surface area (Å²) in [4.78, 5) is 5.01. The highest BCUT2D eigenvalue weighted by Gasteiger charge is 2.18. The third-order valence-electron chi connectivity index (χ3n) is 5.21. The first-order chi connectivity index (χ1) is 12.7. The number of hydrogen-bond donors (Lipinski definition) is 0. The van der Waals surface area contributed by atoms with E-state index >= 15 is 0 Å². The van der Waals surface area contributed by atoms with Gasteiger partial charge in [-0.3, -0.25) is 4.68 Å². The first kappa shape index (κ1) is 17.7. The molecule has 0 N–H and O–H groups in total. The zero-order chi connectivity index (χ0) is 19.3. The Labute approximate surface area is 161 Å². The predicted octanol–water partition coefficient (Wildman–Crippen LogP) is 6.21. The molecule has 3 nitrogen and oxygen atoms in total. The maximum atomic E-state index is 5.01. The number of aryl methyl sites for hydroxylation is 1. The topological polar surface area (TPSA) is 30.7 Å². The summed E-state index contributed by atoms with van der Waals surface area (Å²) in [6.45, 7) is 11.2. The smallest absolute Gasteiger partial charge is 0.0958 e. The number of hydrogen-bond acceptors (Lipinski definition) is 2. The van der Waals surface area contributed by atoms with E-state index in [1.54, 1.807) is 0 Å². The largest absolute Gasteiger partial charge is 0.275 e. The van der Waals surface area contributed by atoms with E-state index < -0.39 is 0 Å². The summed E-state index contributed by atoms with van der Waals surface area (Å²) >= 11 is 0. The van der Waals surface area contributed by atoms with Crippen molar-refractivity contribution in [1.82, 2.24) is 14.8 Å². The summed E-state index contributed by atoms with van der Waals surface area (Å²) < 4.78 is 1.89. The molecule has 0 atom stereocenters. The minimum Gasteiger partial charge on any atom is -0.275 e. The van der Waals surface area contributed by atoms with E-state index in [1.165, 1.54) is 21.9 Å². The van der Waals surface area contributed by atoms with Crippen molar-refractivity contribution in [3.8, 4) is 11.3 Å². The molecule has 2 heterocycles. The number of pyridine rings is 1. The summed E-state index contributed by atoms with van der Waals surface area (Å²) in [6.07, 6.45) is 2.09. The van der Waals surface area contributed by atoms with Crippen LogP contribution in [0.2, 0.25) is 0 Å². The van der Waals surface area contributed by atoms with Gasteiger partial charge in [-0.05, 0) is 46.7 Å². The molecule has 3 heteroatoms. The molecule has 4 aromatic rings. The van der Waals surface area contributed by atoms with Gasteiger partial charge in [0.1, 0.15) is 0 Å².